The molecule has 3 heterocycles. The molecule has 3 rings (SSSR count). The molecule has 21 nitrogen and oxygen atoms in total. The number of nitrogens with one attached hydrogen (secondary N) is 1. The van der Waals surface area contributed by atoms with Gasteiger partial charge in [0.2, 0.25) is 0 Å². The molecule has 0 bridgehead atoms. The van der Waals surface area contributed by atoms with E-state index in [9.17, 15) is 49.4 Å². The van der Waals surface area contributed by atoms with Crippen LogP contribution in [0.5, 0.6) is 0 Å². The fraction of sp³-hybridized carbons (Fsp3) is 0.625. The number of aromatic amines is 1. The SMILES string of the molecule is O=C(OP(=O)(OC[C@H]1O[C@@H](n2cnc3c(=O)[nH]cnc32)[C@H](O)[C@@H]1O)OP(=O)(O)O)[C@H](O)[C@@H](O)[C@H](O)[C@H](O)CO. The number of hydrogen-bond donors (Lipinski definition) is 10. The second kappa shape index (κ2) is 12.1. The highest BCUT2D eigenvalue weighted by atomic mass is 31.3. The van der Waals surface area contributed by atoms with Crippen LogP contribution in [-0.2, 0) is 32.0 Å². The predicted octanol–water partition coefficient (Wildman–Crippen LogP) is -5.05. The van der Waals surface area contributed by atoms with Crippen LogP contribution < -0.4 is 5.56 Å². The zero-order chi connectivity index (χ0) is 29.3. The Labute approximate surface area is 215 Å². The van der Waals surface area contributed by atoms with Crippen LogP contribution in [0.1, 0.15) is 6.23 Å². The second-order valence-corrected chi connectivity index (χ2v) is 11.0. The smallest absolute Gasteiger partial charge is 0.394 e. The molecular weight excluding hydrogens is 582 g/mol. The van der Waals surface area contributed by atoms with E-state index in [-0.39, 0.29) is 11.2 Å². The van der Waals surface area contributed by atoms with Gasteiger partial charge < -0.3 is 59.8 Å². The van der Waals surface area contributed by atoms with Crippen LogP contribution in [0.2, 0.25) is 0 Å². The van der Waals surface area contributed by atoms with Gasteiger partial charge >= 0.3 is 21.6 Å². The van der Waals surface area contributed by atoms with Gasteiger partial charge in [0.1, 0.15) is 36.6 Å². The average Bonchev–Trinajstić information content (AvgIpc) is 3.41. The van der Waals surface area contributed by atoms with Crippen molar-refractivity contribution in [2.45, 2.75) is 49.0 Å². The number of hydrogen-bond acceptors (Lipinski definition) is 17. The lowest BCUT2D eigenvalue weighted by molar-refractivity contribution is -0.163. The van der Waals surface area contributed by atoms with E-state index in [0.717, 1.165) is 17.2 Å². The number of aliphatic hydroxyl groups excluding tert-OH is 7. The maximum atomic E-state index is 12.8. The van der Waals surface area contributed by atoms with Crippen molar-refractivity contribution in [1.82, 2.24) is 19.5 Å². The van der Waals surface area contributed by atoms with Crippen molar-refractivity contribution >= 4 is 32.8 Å². The Morgan fingerprint density at radius 1 is 1.13 bits per heavy atom. The molecule has 1 unspecified atom stereocenters. The first-order valence-electron chi connectivity index (χ1n) is 10.6. The van der Waals surface area contributed by atoms with Gasteiger partial charge in [0.15, 0.2) is 23.5 Å². The Bertz CT molecular complexity index is 1310. The zero-order valence-corrected chi connectivity index (χ0v) is 21.0. The molecule has 1 aliphatic heterocycles. The van der Waals surface area contributed by atoms with Crippen LogP contribution in [0, 0.1) is 0 Å². The molecule has 9 atom stereocenters. The van der Waals surface area contributed by atoms with Crippen LogP contribution in [0.3, 0.4) is 0 Å². The van der Waals surface area contributed by atoms with E-state index in [1.807, 2.05) is 0 Å². The first-order valence-corrected chi connectivity index (χ1v) is 13.6. The molecule has 39 heavy (non-hydrogen) atoms. The Morgan fingerprint density at radius 3 is 2.41 bits per heavy atom. The van der Waals surface area contributed by atoms with E-state index in [1.54, 1.807) is 0 Å². The van der Waals surface area contributed by atoms with Crippen LogP contribution in [0.25, 0.3) is 11.2 Å². The van der Waals surface area contributed by atoms with Gasteiger partial charge in [-0.05, 0) is 0 Å². The Hall–Kier alpha value is -2.20. The highest BCUT2D eigenvalue weighted by Crippen LogP contribution is 2.61. The van der Waals surface area contributed by atoms with Crippen molar-refractivity contribution in [3.8, 4) is 0 Å². The minimum Gasteiger partial charge on any atom is -0.394 e. The zero-order valence-electron chi connectivity index (χ0n) is 19.2. The molecule has 0 spiro atoms. The molecule has 0 aliphatic carbocycles. The number of phosphoric acid groups is 2. The highest BCUT2D eigenvalue weighted by molar-refractivity contribution is 7.61. The Balaban J connectivity index is 1.75. The molecule has 0 aromatic carbocycles. The third kappa shape index (κ3) is 7.12. The largest absolute Gasteiger partial charge is 0.541 e. The highest BCUT2D eigenvalue weighted by Gasteiger charge is 2.48. The van der Waals surface area contributed by atoms with Crippen LogP contribution in [-0.4, -0.2) is 127 Å². The molecule has 23 heteroatoms. The van der Waals surface area contributed by atoms with Gasteiger partial charge in [-0.2, -0.15) is 4.31 Å². The van der Waals surface area contributed by atoms with E-state index < -0.39 is 89.3 Å². The van der Waals surface area contributed by atoms with Gasteiger partial charge in [-0.3, -0.25) is 13.9 Å². The summed E-state index contributed by atoms with van der Waals surface area (Å²) in [7, 11) is -11.4. The van der Waals surface area contributed by atoms with Gasteiger partial charge in [-0.1, -0.05) is 0 Å². The monoisotopic (exact) mass is 606 g/mol. The van der Waals surface area contributed by atoms with Crippen molar-refractivity contribution in [3.63, 3.8) is 0 Å². The summed E-state index contributed by atoms with van der Waals surface area (Å²) in [5.41, 5.74) is -0.844. The standard InChI is InChI=1S/C16H24N4O17P2/c21-1-5(22)8(23)10(25)12(27)16(29)36-39(33,37-38(30,31)32)34-2-6-9(24)11(26)15(35-6)20-4-19-7-13(20)17-3-18-14(7)28/h3-6,8-12,15,21-27H,1-2H2,(H,17,18,28)(H2,30,31,32)/t5-,6-,8-,9-,10+,11-,12-,15-,39?/m1/s1. The van der Waals surface area contributed by atoms with Crippen LogP contribution >= 0.6 is 15.6 Å². The first-order chi connectivity index (χ1) is 18.1. The fourth-order valence-electron chi connectivity index (χ4n) is 3.33. The summed E-state index contributed by atoms with van der Waals surface area (Å²) >= 11 is 0. The van der Waals surface area contributed by atoms with E-state index >= 15 is 0 Å². The van der Waals surface area contributed by atoms with E-state index in [4.69, 9.17) is 19.6 Å². The Kier molecular flexibility index (Phi) is 9.74. The lowest BCUT2D eigenvalue weighted by Crippen LogP contribution is -2.49. The summed E-state index contributed by atoms with van der Waals surface area (Å²) in [6, 6.07) is 0. The topological polar surface area (TPSA) is 334 Å². The number of nitrogens with zero attached hydrogens (tertiary/aromatic N) is 3. The molecule has 2 aromatic heterocycles. The number of carbonyl (C=O) groups excluding carboxylic acids is 1. The fourth-order valence-corrected chi connectivity index (χ4v) is 5.41. The molecule has 1 saturated heterocycles. The van der Waals surface area contributed by atoms with Crippen molar-refractivity contribution in [2.75, 3.05) is 13.2 Å². The minimum atomic E-state index is -5.75. The number of fused-ring (bicyclic) bond motifs is 1. The van der Waals surface area contributed by atoms with Crippen LogP contribution in [0.4, 0.5) is 0 Å². The van der Waals surface area contributed by atoms with Crippen molar-refractivity contribution in [3.05, 3.63) is 23.0 Å². The van der Waals surface area contributed by atoms with E-state index in [1.165, 1.54) is 0 Å². The van der Waals surface area contributed by atoms with Crippen LogP contribution in [0.15, 0.2) is 17.4 Å². The number of rotatable bonds is 12. The number of H-pyrrole nitrogens is 1. The maximum Gasteiger partial charge on any atom is 0.541 e. The maximum absolute atomic E-state index is 12.8. The van der Waals surface area contributed by atoms with Gasteiger partial charge in [-0.25, -0.2) is 23.9 Å². The molecule has 0 saturated carbocycles. The number of aliphatic hydroxyl groups is 7. The van der Waals surface area contributed by atoms with Crippen molar-refractivity contribution < 1.29 is 77.6 Å². The normalized spacial score (nSPS) is 26.6. The van der Waals surface area contributed by atoms with E-state index in [0.29, 0.717) is 0 Å². The third-order valence-corrected chi connectivity index (χ3v) is 7.80. The van der Waals surface area contributed by atoms with Gasteiger partial charge in [0.25, 0.3) is 5.56 Å². The summed E-state index contributed by atoms with van der Waals surface area (Å²) < 4.78 is 43.4. The average molecular weight is 606 g/mol. The summed E-state index contributed by atoms with van der Waals surface area (Å²) in [6.45, 7) is -2.24. The van der Waals surface area contributed by atoms with Gasteiger partial charge in [0, 0.05) is 0 Å². The molecule has 0 radical (unpaired) electrons. The summed E-state index contributed by atoms with van der Waals surface area (Å²) in [5.74, 6) is -2.12. The molecule has 1 fully saturated rings. The number of ether oxygens (including phenoxy) is 1. The predicted molar refractivity (Wildman–Crippen MR) is 118 cm³/mol. The lowest BCUT2D eigenvalue weighted by atomic mass is 10.0. The second-order valence-electron chi connectivity index (χ2n) is 8.00. The minimum absolute atomic E-state index is 0.0675. The number of carbonyl (C=O) groups is 1. The van der Waals surface area contributed by atoms with Gasteiger partial charge in [-0.15, -0.1) is 0 Å². The molecule has 1 aliphatic rings. The molecule has 220 valence electrons. The van der Waals surface area contributed by atoms with Crippen molar-refractivity contribution in [1.29, 1.82) is 0 Å². The van der Waals surface area contributed by atoms with Crippen molar-refractivity contribution in [2.24, 2.45) is 0 Å². The third-order valence-electron chi connectivity index (χ3n) is 5.28. The summed E-state index contributed by atoms with van der Waals surface area (Å²) in [6.07, 6.45) is -14.3. The number of aromatic nitrogens is 4. The Morgan fingerprint density at radius 2 is 1.79 bits per heavy atom. The lowest BCUT2D eigenvalue weighted by Gasteiger charge is -2.26. The molecule has 10 N–H and O–H groups in total. The molecular formula is C16H24N4O17P2. The van der Waals surface area contributed by atoms with Gasteiger partial charge in [0.05, 0.1) is 25.9 Å². The summed E-state index contributed by atoms with van der Waals surface area (Å²) in [5, 5.41) is 68.0. The van der Waals surface area contributed by atoms with E-state index in [2.05, 4.69) is 28.3 Å². The molecule has 0 amide bonds. The number of phosphoric ester groups is 1. The summed E-state index contributed by atoms with van der Waals surface area (Å²) in [4.78, 5) is 52.1. The quantitative estimate of drug-likeness (QED) is 0.101. The first kappa shape index (κ1) is 31.3. The number of imidazole rings is 1. The molecule has 2 aromatic rings.